The van der Waals surface area contributed by atoms with Crippen LogP contribution in [0.15, 0.2) is 18.2 Å². The van der Waals surface area contributed by atoms with Crippen LogP contribution in [0.5, 0.6) is 5.75 Å². The second kappa shape index (κ2) is 4.11. The van der Waals surface area contributed by atoms with Crippen LogP contribution in [0.25, 0.3) is 0 Å². The lowest BCUT2D eigenvalue weighted by atomic mass is 9.93. The summed E-state index contributed by atoms with van der Waals surface area (Å²) in [5.41, 5.74) is 0.245. The molecule has 1 aliphatic rings. The van der Waals surface area contributed by atoms with Gasteiger partial charge in [-0.25, -0.2) is 0 Å². The summed E-state index contributed by atoms with van der Waals surface area (Å²) < 4.78 is 0. The molecule has 4 heteroatoms. The maximum absolute atomic E-state index is 11.7. The van der Waals surface area contributed by atoms with Crippen LogP contribution < -0.4 is 5.32 Å². The summed E-state index contributed by atoms with van der Waals surface area (Å²) in [4.78, 5) is 11.7. The molecular formula is C11H12ClNO2. The van der Waals surface area contributed by atoms with Crippen molar-refractivity contribution in [3.63, 3.8) is 0 Å². The first-order chi connectivity index (χ1) is 7.16. The maximum atomic E-state index is 11.7. The molecule has 2 rings (SSSR count). The van der Waals surface area contributed by atoms with Gasteiger partial charge >= 0.3 is 0 Å². The summed E-state index contributed by atoms with van der Waals surface area (Å²) >= 11 is 5.75. The lowest BCUT2D eigenvalue weighted by molar-refractivity contribution is 0.0914. The Hall–Kier alpha value is -1.22. The van der Waals surface area contributed by atoms with Gasteiger partial charge in [0.1, 0.15) is 5.75 Å². The number of carbonyl (C=O) groups is 1. The summed E-state index contributed by atoms with van der Waals surface area (Å²) in [6, 6.07) is 4.72. The summed E-state index contributed by atoms with van der Waals surface area (Å²) in [6.45, 7) is 0. The molecule has 3 nitrogen and oxygen atoms in total. The fourth-order valence-corrected chi connectivity index (χ4v) is 1.68. The fourth-order valence-electron chi connectivity index (χ4n) is 1.51. The number of hydrogen-bond acceptors (Lipinski definition) is 2. The minimum Gasteiger partial charge on any atom is -0.507 e. The average molecular weight is 226 g/mol. The lowest BCUT2D eigenvalue weighted by Gasteiger charge is -2.26. The van der Waals surface area contributed by atoms with Gasteiger partial charge in [0.05, 0.1) is 5.56 Å². The zero-order valence-corrected chi connectivity index (χ0v) is 8.92. The van der Waals surface area contributed by atoms with Gasteiger partial charge in [-0.2, -0.15) is 0 Å². The first kappa shape index (κ1) is 10.3. The molecule has 0 bridgehead atoms. The average Bonchev–Trinajstić information content (AvgIpc) is 2.15. The molecule has 0 atom stereocenters. The smallest absolute Gasteiger partial charge is 0.255 e. The molecule has 0 unspecified atom stereocenters. The van der Waals surface area contributed by atoms with Crippen LogP contribution in [0.3, 0.4) is 0 Å². The van der Waals surface area contributed by atoms with Gasteiger partial charge in [0.15, 0.2) is 0 Å². The highest BCUT2D eigenvalue weighted by Crippen LogP contribution is 2.23. The molecule has 0 aliphatic heterocycles. The van der Waals surface area contributed by atoms with E-state index in [1.165, 1.54) is 12.1 Å². The molecule has 0 aromatic heterocycles. The first-order valence-corrected chi connectivity index (χ1v) is 5.34. The predicted molar refractivity (Wildman–Crippen MR) is 58.2 cm³/mol. The number of benzene rings is 1. The first-order valence-electron chi connectivity index (χ1n) is 4.96. The van der Waals surface area contributed by atoms with E-state index < -0.39 is 0 Å². The Labute approximate surface area is 93.1 Å². The fraction of sp³-hybridized carbons (Fsp3) is 0.364. The zero-order chi connectivity index (χ0) is 10.8. The van der Waals surface area contributed by atoms with Gasteiger partial charge in [0.2, 0.25) is 0 Å². The van der Waals surface area contributed by atoms with Gasteiger partial charge in [-0.15, -0.1) is 0 Å². The molecule has 1 aromatic rings. The number of carbonyl (C=O) groups excluding carboxylic acids is 1. The summed E-state index contributed by atoms with van der Waals surface area (Å²) in [5, 5.41) is 12.8. The van der Waals surface area contributed by atoms with E-state index in [0.717, 1.165) is 19.3 Å². The number of phenols is 1. The van der Waals surface area contributed by atoms with Gasteiger partial charge in [-0.3, -0.25) is 4.79 Å². The van der Waals surface area contributed by atoms with Crippen LogP contribution in [-0.4, -0.2) is 17.1 Å². The molecule has 0 saturated heterocycles. The molecular weight excluding hydrogens is 214 g/mol. The molecule has 1 saturated carbocycles. The van der Waals surface area contributed by atoms with Gasteiger partial charge in [0.25, 0.3) is 5.91 Å². The van der Waals surface area contributed by atoms with E-state index in [1.807, 2.05) is 0 Å². The molecule has 80 valence electrons. The molecule has 0 spiro atoms. The van der Waals surface area contributed by atoms with Crippen LogP contribution in [-0.2, 0) is 0 Å². The van der Waals surface area contributed by atoms with Gasteiger partial charge in [-0.1, -0.05) is 11.6 Å². The van der Waals surface area contributed by atoms with Crippen LogP contribution in [0.2, 0.25) is 5.02 Å². The third-order valence-electron chi connectivity index (χ3n) is 2.64. The van der Waals surface area contributed by atoms with Crippen molar-refractivity contribution in [2.75, 3.05) is 0 Å². The molecule has 15 heavy (non-hydrogen) atoms. The zero-order valence-electron chi connectivity index (χ0n) is 8.16. The SMILES string of the molecule is O=C(NC1CCC1)c1cc(Cl)ccc1O. The highest BCUT2D eigenvalue weighted by Gasteiger charge is 2.21. The quantitative estimate of drug-likeness (QED) is 0.812. The number of halogens is 1. The monoisotopic (exact) mass is 225 g/mol. The van der Waals surface area contributed by atoms with E-state index in [-0.39, 0.29) is 23.3 Å². The van der Waals surface area contributed by atoms with E-state index >= 15 is 0 Å². The van der Waals surface area contributed by atoms with Crippen molar-refractivity contribution in [1.29, 1.82) is 0 Å². The molecule has 1 amide bonds. The normalized spacial score (nSPS) is 15.8. The number of aromatic hydroxyl groups is 1. The van der Waals surface area contributed by atoms with Crippen molar-refractivity contribution in [2.45, 2.75) is 25.3 Å². The molecule has 2 N–H and O–H groups in total. The van der Waals surface area contributed by atoms with Crippen LogP contribution in [0.1, 0.15) is 29.6 Å². The minimum atomic E-state index is -0.250. The van der Waals surface area contributed by atoms with Crippen LogP contribution >= 0.6 is 11.6 Å². The number of rotatable bonds is 2. The second-order valence-electron chi connectivity index (χ2n) is 3.76. The van der Waals surface area contributed by atoms with Gasteiger partial charge < -0.3 is 10.4 Å². The van der Waals surface area contributed by atoms with Crippen molar-refractivity contribution in [3.8, 4) is 5.75 Å². The molecule has 1 fully saturated rings. The summed E-state index contributed by atoms with van der Waals surface area (Å²) in [6.07, 6.45) is 3.20. The summed E-state index contributed by atoms with van der Waals surface area (Å²) in [5.74, 6) is -0.282. The Kier molecular flexibility index (Phi) is 2.82. The lowest BCUT2D eigenvalue weighted by Crippen LogP contribution is -2.39. The Balaban J connectivity index is 2.12. The molecule has 0 radical (unpaired) electrons. The number of amides is 1. The van der Waals surface area contributed by atoms with Crippen molar-refractivity contribution in [3.05, 3.63) is 28.8 Å². The van der Waals surface area contributed by atoms with E-state index in [1.54, 1.807) is 6.07 Å². The summed E-state index contributed by atoms with van der Waals surface area (Å²) in [7, 11) is 0. The van der Waals surface area contributed by atoms with Gasteiger partial charge in [0, 0.05) is 11.1 Å². The third kappa shape index (κ3) is 2.23. The standard InChI is InChI=1S/C11H12ClNO2/c12-7-4-5-10(14)9(6-7)11(15)13-8-2-1-3-8/h4-6,8,14H,1-3H2,(H,13,15). The molecule has 0 heterocycles. The van der Waals surface area contributed by atoms with Crippen LogP contribution in [0.4, 0.5) is 0 Å². The third-order valence-corrected chi connectivity index (χ3v) is 2.88. The highest BCUT2D eigenvalue weighted by molar-refractivity contribution is 6.31. The van der Waals surface area contributed by atoms with E-state index in [9.17, 15) is 9.90 Å². The van der Waals surface area contributed by atoms with Crippen molar-refractivity contribution < 1.29 is 9.90 Å². The largest absolute Gasteiger partial charge is 0.507 e. The van der Waals surface area contributed by atoms with E-state index in [4.69, 9.17) is 11.6 Å². The topological polar surface area (TPSA) is 49.3 Å². The second-order valence-corrected chi connectivity index (χ2v) is 4.20. The van der Waals surface area contributed by atoms with Gasteiger partial charge in [-0.05, 0) is 37.5 Å². The van der Waals surface area contributed by atoms with Crippen LogP contribution in [0, 0.1) is 0 Å². The Morgan fingerprint density at radius 3 is 2.80 bits per heavy atom. The Morgan fingerprint density at radius 1 is 1.47 bits per heavy atom. The maximum Gasteiger partial charge on any atom is 0.255 e. The minimum absolute atomic E-state index is 0.0313. The molecule has 1 aromatic carbocycles. The number of phenolic OH excluding ortho intramolecular Hbond substituents is 1. The van der Waals surface area contributed by atoms with Crippen molar-refractivity contribution >= 4 is 17.5 Å². The predicted octanol–water partition coefficient (Wildman–Crippen LogP) is 2.33. The number of hydrogen-bond donors (Lipinski definition) is 2. The Morgan fingerprint density at radius 2 is 2.20 bits per heavy atom. The van der Waals surface area contributed by atoms with E-state index in [0.29, 0.717) is 5.02 Å². The number of nitrogens with one attached hydrogen (secondary N) is 1. The molecule has 1 aliphatic carbocycles. The van der Waals surface area contributed by atoms with Crippen molar-refractivity contribution in [1.82, 2.24) is 5.32 Å². The van der Waals surface area contributed by atoms with Crippen molar-refractivity contribution in [2.24, 2.45) is 0 Å². The van der Waals surface area contributed by atoms with E-state index in [2.05, 4.69) is 5.32 Å². The Bertz CT molecular complexity index is 388. The highest BCUT2D eigenvalue weighted by atomic mass is 35.5.